The van der Waals surface area contributed by atoms with Gasteiger partial charge in [-0.3, -0.25) is 0 Å². The number of rotatable bonds is 7. The molecule has 1 saturated carbocycles. The van der Waals surface area contributed by atoms with Crippen molar-refractivity contribution in [3.05, 3.63) is 65.7 Å². The summed E-state index contributed by atoms with van der Waals surface area (Å²) in [6.07, 6.45) is 0. The van der Waals surface area contributed by atoms with Crippen molar-refractivity contribution in [2.45, 2.75) is 29.9 Å². The average Bonchev–Trinajstić information content (AvgIpc) is 3.31. The molecule has 0 amide bonds. The van der Waals surface area contributed by atoms with Gasteiger partial charge in [-0.15, -0.1) is 0 Å². The summed E-state index contributed by atoms with van der Waals surface area (Å²) in [5, 5.41) is -0.554. The Morgan fingerprint density at radius 2 is 1.72 bits per heavy atom. The number of nitrogens with two attached hydrogens (primary N) is 1. The Morgan fingerprint density at radius 3 is 2.28 bits per heavy atom. The molecule has 1 fully saturated rings. The summed E-state index contributed by atoms with van der Waals surface area (Å²) in [5.41, 5.74) is 7.56. The van der Waals surface area contributed by atoms with E-state index in [4.69, 9.17) is 10.5 Å². The van der Waals surface area contributed by atoms with E-state index >= 15 is 0 Å². The highest BCUT2D eigenvalue weighted by Gasteiger charge is 2.70. The second-order valence-electron chi connectivity index (χ2n) is 6.74. The van der Waals surface area contributed by atoms with Gasteiger partial charge >= 0.3 is 0 Å². The summed E-state index contributed by atoms with van der Waals surface area (Å²) in [6.45, 7) is 5.03. The van der Waals surface area contributed by atoms with Crippen LogP contribution in [-0.2, 0) is 14.6 Å². The summed E-state index contributed by atoms with van der Waals surface area (Å²) < 4.78 is 32.3. The van der Waals surface area contributed by atoms with Gasteiger partial charge in [0.05, 0.1) is 16.8 Å². The monoisotopic (exact) mass is 359 g/mol. The smallest absolute Gasteiger partial charge is 0.182 e. The van der Waals surface area contributed by atoms with E-state index in [-0.39, 0.29) is 12.5 Å². The molecule has 0 aromatic heterocycles. The number of aryl methyl sites for hydroxylation is 1. The molecule has 134 valence electrons. The number of sulfone groups is 1. The van der Waals surface area contributed by atoms with Gasteiger partial charge in [-0.05, 0) is 31.5 Å². The van der Waals surface area contributed by atoms with Crippen LogP contribution >= 0.6 is 0 Å². The van der Waals surface area contributed by atoms with Crippen molar-refractivity contribution in [1.82, 2.24) is 0 Å². The van der Waals surface area contributed by atoms with Crippen LogP contribution in [0.1, 0.15) is 24.0 Å². The Bertz CT molecular complexity index is 818. The number of hydrogen-bond acceptors (Lipinski definition) is 4. The molecule has 0 bridgehead atoms. The Morgan fingerprint density at radius 1 is 1.08 bits per heavy atom. The quantitative estimate of drug-likeness (QED) is 0.825. The second kappa shape index (κ2) is 6.90. The molecule has 2 N–H and O–H groups in total. The first kappa shape index (κ1) is 18.1. The predicted molar refractivity (Wildman–Crippen MR) is 99.3 cm³/mol. The summed E-state index contributed by atoms with van der Waals surface area (Å²) >= 11 is 0. The zero-order valence-corrected chi connectivity index (χ0v) is 15.5. The summed E-state index contributed by atoms with van der Waals surface area (Å²) in [6, 6.07) is 16.8. The highest BCUT2D eigenvalue weighted by Crippen LogP contribution is 2.63. The molecule has 0 saturated heterocycles. The average molecular weight is 359 g/mol. The standard InChI is InChI=1S/C20H25NO3S/c1-3-24-14-20(13-21)18(16-7-5-4-6-8-16)19(20)25(22,23)17-11-9-15(2)10-12-17/h4-12,18-19H,3,13-14,21H2,1-2H3. The Labute approximate surface area is 149 Å². The van der Waals surface area contributed by atoms with Crippen molar-refractivity contribution in [3.63, 3.8) is 0 Å². The molecule has 3 rings (SSSR count). The van der Waals surface area contributed by atoms with E-state index in [1.165, 1.54) is 0 Å². The molecule has 3 atom stereocenters. The van der Waals surface area contributed by atoms with Gasteiger partial charge in [-0.2, -0.15) is 0 Å². The third-order valence-corrected chi connectivity index (χ3v) is 7.52. The van der Waals surface area contributed by atoms with Crippen molar-refractivity contribution in [1.29, 1.82) is 0 Å². The Kier molecular flexibility index (Phi) is 5.00. The van der Waals surface area contributed by atoms with E-state index in [1.807, 2.05) is 56.3 Å². The minimum Gasteiger partial charge on any atom is -0.381 e. The highest BCUT2D eigenvalue weighted by molar-refractivity contribution is 7.92. The summed E-state index contributed by atoms with van der Waals surface area (Å²) in [7, 11) is -3.49. The summed E-state index contributed by atoms with van der Waals surface area (Å²) in [5.74, 6) is -0.142. The molecule has 5 heteroatoms. The van der Waals surface area contributed by atoms with Crippen molar-refractivity contribution in [2.24, 2.45) is 11.1 Å². The SMILES string of the molecule is CCOCC1(CN)C(c2ccccc2)C1S(=O)(=O)c1ccc(C)cc1. The van der Waals surface area contributed by atoms with E-state index in [0.717, 1.165) is 11.1 Å². The minimum absolute atomic E-state index is 0.142. The first-order chi connectivity index (χ1) is 12.0. The number of ether oxygens (including phenoxy) is 1. The topological polar surface area (TPSA) is 69.4 Å². The Balaban J connectivity index is 2.03. The molecule has 4 nitrogen and oxygen atoms in total. The van der Waals surface area contributed by atoms with Crippen LogP contribution in [-0.4, -0.2) is 33.4 Å². The third kappa shape index (κ3) is 3.12. The molecular formula is C20H25NO3S. The second-order valence-corrected chi connectivity index (χ2v) is 8.81. The van der Waals surface area contributed by atoms with E-state index < -0.39 is 20.5 Å². The molecule has 1 aliphatic rings. The van der Waals surface area contributed by atoms with E-state index in [0.29, 0.717) is 18.1 Å². The van der Waals surface area contributed by atoms with Crippen molar-refractivity contribution in [3.8, 4) is 0 Å². The zero-order chi connectivity index (χ0) is 18.1. The first-order valence-corrected chi connectivity index (χ1v) is 10.2. The fourth-order valence-electron chi connectivity index (χ4n) is 3.75. The number of hydrogen-bond donors (Lipinski definition) is 1. The maximum atomic E-state index is 13.3. The van der Waals surface area contributed by atoms with Crippen molar-refractivity contribution >= 4 is 9.84 Å². The Hall–Kier alpha value is -1.69. The van der Waals surface area contributed by atoms with E-state index in [9.17, 15) is 8.42 Å². The van der Waals surface area contributed by atoms with E-state index in [2.05, 4.69) is 0 Å². The molecule has 25 heavy (non-hydrogen) atoms. The van der Waals surface area contributed by atoms with Gasteiger partial charge in [0.15, 0.2) is 9.84 Å². The lowest BCUT2D eigenvalue weighted by atomic mass is 10.0. The predicted octanol–water partition coefficient (Wildman–Crippen LogP) is 2.92. The molecular weight excluding hydrogens is 334 g/mol. The van der Waals surface area contributed by atoms with Gasteiger partial charge in [0, 0.05) is 24.5 Å². The molecule has 2 aromatic rings. The zero-order valence-electron chi connectivity index (χ0n) is 14.7. The van der Waals surface area contributed by atoms with Crippen LogP contribution in [0.15, 0.2) is 59.5 Å². The lowest BCUT2D eigenvalue weighted by Gasteiger charge is -2.16. The fourth-order valence-corrected chi connectivity index (χ4v) is 6.19. The van der Waals surface area contributed by atoms with Gasteiger partial charge in [-0.25, -0.2) is 8.42 Å². The third-order valence-electron chi connectivity index (χ3n) is 5.18. The molecule has 3 unspecified atom stereocenters. The van der Waals surface area contributed by atoms with E-state index in [1.54, 1.807) is 12.1 Å². The van der Waals surface area contributed by atoms with Crippen LogP contribution in [0, 0.1) is 12.3 Å². The fraction of sp³-hybridized carbons (Fsp3) is 0.400. The van der Waals surface area contributed by atoms with Gasteiger partial charge < -0.3 is 10.5 Å². The molecule has 1 aliphatic carbocycles. The molecule has 0 aliphatic heterocycles. The molecule has 0 radical (unpaired) electrons. The maximum Gasteiger partial charge on any atom is 0.182 e. The van der Waals surface area contributed by atoms with Gasteiger partial charge in [0.2, 0.25) is 0 Å². The first-order valence-electron chi connectivity index (χ1n) is 8.60. The number of benzene rings is 2. The van der Waals surface area contributed by atoms with Crippen LogP contribution in [0.25, 0.3) is 0 Å². The van der Waals surface area contributed by atoms with Crippen LogP contribution in [0.3, 0.4) is 0 Å². The summed E-state index contributed by atoms with van der Waals surface area (Å²) in [4.78, 5) is 0.357. The lowest BCUT2D eigenvalue weighted by molar-refractivity contribution is 0.101. The van der Waals surface area contributed by atoms with Gasteiger partial charge in [0.1, 0.15) is 0 Å². The minimum atomic E-state index is -3.49. The van der Waals surface area contributed by atoms with Crippen LogP contribution in [0.4, 0.5) is 0 Å². The van der Waals surface area contributed by atoms with Crippen molar-refractivity contribution < 1.29 is 13.2 Å². The van der Waals surface area contributed by atoms with Crippen LogP contribution in [0.5, 0.6) is 0 Å². The molecule has 2 aromatic carbocycles. The van der Waals surface area contributed by atoms with Gasteiger partial charge in [-0.1, -0.05) is 48.0 Å². The largest absolute Gasteiger partial charge is 0.381 e. The van der Waals surface area contributed by atoms with Crippen LogP contribution in [0.2, 0.25) is 0 Å². The molecule has 0 heterocycles. The molecule has 0 spiro atoms. The van der Waals surface area contributed by atoms with Gasteiger partial charge in [0.25, 0.3) is 0 Å². The lowest BCUT2D eigenvalue weighted by Crippen LogP contribution is -2.29. The normalized spacial score (nSPS) is 25.7. The van der Waals surface area contributed by atoms with Crippen molar-refractivity contribution in [2.75, 3.05) is 19.8 Å². The van der Waals surface area contributed by atoms with Crippen LogP contribution < -0.4 is 5.73 Å². The highest BCUT2D eigenvalue weighted by atomic mass is 32.2. The maximum absolute atomic E-state index is 13.3.